The lowest BCUT2D eigenvalue weighted by atomic mass is 9.92. The molecule has 0 aliphatic heterocycles. The van der Waals surface area contributed by atoms with Gasteiger partial charge in [-0.15, -0.1) is 0 Å². The first kappa shape index (κ1) is 11.5. The highest BCUT2D eigenvalue weighted by atomic mass is 35.5. The number of benzene rings is 1. The molecule has 0 saturated carbocycles. The number of nitrogens with two attached hydrogens (primary N) is 1. The van der Waals surface area contributed by atoms with E-state index in [0.717, 1.165) is 11.1 Å². The van der Waals surface area contributed by atoms with Crippen LogP contribution in [-0.4, -0.2) is 10.7 Å². The molecule has 0 aliphatic carbocycles. The molecule has 0 unspecified atom stereocenters. The van der Waals surface area contributed by atoms with E-state index in [1.165, 1.54) is 0 Å². The number of rotatable bonds is 2. The van der Waals surface area contributed by atoms with Gasteiger partial charge >= 0.3 is 0 Å². The van der Waals surface area contributed by atoms with Gasteiger partial charge in [0.25, 0.3) is 0 Å². The lowest BCUT2D eigenvalue weighted by Crippen LogP contribution is -2.35. The number of aliphatic hydroxyl groups is 1. The van der Waals surface area contributed by atoms with Gasteiger partial charge < -0.3 is 10.8 Å². The Bertz CT molecular complexity index is 331. The zero-order valence-corrected chi connectivity index (χ0v) is 9.47. The maximum atomic E-state index is 9.75. The van der Waals surface area contributed by atoms with Crippen molar-refractivity contribution in [3.8, 4) is 0 Å². The largest absolute Gasteiger partial charge is 0.388 e. The van der Waals surface area contributed by atoms with E-state index in [2.05, 4.69) is 0 Å². The van der Waals surface area contributed by atoms with Gasteiger partial charge in [0.1, 0.15) is 0 Å². The van der Waals surface area contributed by atoms with Gasteiger partial charge in [-0.05, 0) is 38.0 Å². The molecule has 1 rings (SSSR count). The molecule has 1 aromatic rings. The lowest BCUT2D eigenvalue weighted by Gasteiger charge is -2.26. The normalized spacial score (nSPS) is 14.1. The van der Waals surface area contributed by atoms with Gasteiger partial charge in [-0.1, -0.05) is 23.7 Å². The molecule has 0 aromatic heterocycles. The summed E-state index contributed by atoms with van der Waals surface area (Å²) in [6.07, 6.45) is 0. The molecule has 3 heteroatoms. The molecule has 0 spiro atoms. The summed E-state index contributed by atoms with van der Waals surface area (Å²) in [7, 11) is 0. The third-order valence-electron chi connectivity index (χ3n) is 2.25. The smallest absolute Gasteiger partial charge is 0.0784 e. The highest BCUT2D eigenvalue weighted by Gasteiger charge is 2.26. The number of hydrogen-bond donors (Lipinski definition) is 2. The van der Waals surface area contributed by atoms with E-state index in [9.17, 15) is 5.11 Å². The molecular weight excluding hydrogens is 198 g/mol. The van der Waals surface area contributed by atoms with Crippen LogP contribution >= 0.6 is 11.6 Å². The predicted octanol–water partition coefficient (Wildman–Crippen LogP) is 2.42. The molecular formula is C11H16ClNO. The van der Waals surface area contributed by atoms with Crippen molar-refractivity contribution in [1.82, 2.24) is 0 Å². The number of hydrogen-bond acceptors (Lipinski definition) is 2. The lowest BCUT2D eigenvalue weighted by molar-refractivity contribution is 0.0517. The molecule has 0 fully saturated rings. The SMILES string of the molecule is Cc1ccc([C@H](N)C(C)(C)O)c(Cl)c1. The van der Waals surface area contributed by atoms with Gasteiger partial charge in [-0.25, -0.2) is 0 Å². The summed E-state index contributed by atoms with van der Waals surface area (Å²) in [4.78, 5) is 0. The summed E-state index contributed by atoms with van der Waals surface area (Å²) in [6, 6.07) is 5.19. The van der Waals surface area contributed by atoms with Crippen LogP contribution in [0.5, 0.6) is 0 Å². The fourth-order valence-corrected chi connectivity index (χ4v) is 1.62. The molecule has 0 amide bonds. The standard InChI is InChI=1S/C11H16ClNO/c1-7-4-5-8(9(12)6-7)10(13)11(2,3)14/h4-6,10,14H,13H2,1-3H3/t10-/m0/s1. The second kappa shape index (κ2) is 3.89. The summed E-state index contributed by atoms with van der Waals surface area (Å²) in [5.74, 6) is 0. The number of halogens is 1. The van der Waals surface area contributed by atoms with Crippen molar-refractivity contribution >= 4 is 11.6 Å². The molecule has 1 aromatic carbocycles. The topological polar surface area (TPSA) is 46.2 Å². The molecule has 0 heterocycles. The monoisotopic (exact) mass is 213 g/mol. The van der Waals surface area contributed by atoms with Crippen molar-refractivity contribution in [3.63, 3.8) is 0 Å². The van der Waals surface area contributed by atoms with E-state index in [0.29, 0.717) is 5.02 Å². The second-order valence-electron chi connectivity index (χ2n) is 4.16. The minimum atomic E-state index is -0.959. The Kier molecular flexibility index (Phi) is 3.20. The molecule has 0 saturated heterocycles. The highest BCUT2D eigenvalue weighted by Crippen LogP contribution is 2.29. The molecule has 0 aliphatic rings. The second-order valence-corrected chi connectivity index (χ2v) is 4.56. The van der Waals surface area contributed by atoms with Gasteiger partial charge in [-0.3, -0.25) is 0 Å². The molecule has 14 heavy (non-hydrogen) atoms. The minimum Gasteiger partial charge on any atom is -0.388 e. The Balaban J connectivity index is 3.08. The summed E-state index contributed by atoms with van der Waals surface area (Å²) in [6.45, 7) is 5.31. The first-order valence-corrected chi connectivity index (χ1v) is 4.94. The first-order valence-electron chi connectivity index (χ1n) is 4.56. The maximum absolute atomic E-state index is 9.75. The molecule has 2 nitrogen and oxygen atoms in total. The summed E-state index contributed by atoms with van der Waals surface area (Å²) in [5.41, 5.74) is 6.80. The van der Waals surface area contributed by atoms with E-state index in [1.54, 1.807) is 13.8 Å². The van der Waals surface area contributed by atoms with E-state index in [1.807, 2.05) is 25.1 Å². The zero-order valence-electron chi connectivity index (χ0n) is 8.71. The van der Waals surface area contributed by atoms with E-state index in [4.69, 9.17) is 17.3 Å². The highest BCUT2D eigenvalue weighted by molar-refractivity contribution is 6.31. The van der Waals surface area contributed by atoms with Crippen LogP contribution < -0.4 is 5.73 Å². The first-order chi connectivity index (χ1) is 6.32. The van der Waals surface area contributed by atoms with Crippen LogP contribution in [0.25, 0.3) is 0 Å². The van der Waals surface area contributed by atoms with Crippen molar-refractivity contribution in [2.75, 3.05) is 0 Å². The van der Waals surface area contributed by atoms with Crippen LogP contribution in [0.3, 0.4) is 0 Å². The van der Waals surface area contributed by atoms with Crippen LogP contribution in [0.4, 0.5) is 0 Å². The summed E-state index contributed by atoms with van der Waals surface area (Å²) >= 11 is 6.04. The van der Waals surface area contributed by atoms with E-state index in [-0.39, 0.29) is 0 Å². The third-order valence-corrected chi connectivity index (χ3v) is 2.58. The molecule has 3 N–H and O–H groups in total. The Hall–Kier alpha value is -0.570. The summed E-state index contributed by atoms with van der Waals surface area (Å²) in [5, 5.41) is 10.4. The average Bonchev–Trinajstić information content (AvgIpc) is 2.01. The van der Waals surface area contributed by atoms with Crippen molar-refractivity contribution in [2.45, 2.75) is 32.4 Å². The molecule has 78 valence electrons. The van der Waals surface area contributed by atoms with Crippen molar-refractivity contribution in [2.24, 2.45) is 5.73 Å². The summed E-state index contributed by atoms with van der Waals surface area (Å²) < 4.78 is 0. The van der Waals surface area contributed by atoms with Crippen LogP contribution in [-0.2, 0) is 0 Å². The fraction of sp³-hybridized carbons (Fsp3) is 0.455. The van der Waals surface area contributed by atoms with Crippen LogP contribution in [0.2, 0.25) is 5.02 Å². The molecule has 0 bridgehead atoms. The minimum absolute atomic E-state index is 0.462. The Morgan fingerprint density at radius 2 is 2.00 bits per heavy atom. The van der Waals surface area contributed by atoms with Gasteiger partial charge in [0.05, 0.1) is 11.6 Å². The Morgan fingerprint density at radius 3 is 2.43 bits per heavy atom. The maximum Gasteiger partial charge on any atom is 0.0784 e. The van der Waals surface area contributed by atoms with Crippen LogP contribution in [0.1, 0.15) is 31.0 Å². The zero-order chi connectivity index (χ0) is 10.9. The Labute approximate surface area is 89.7 Å². The van der Waals surface area contributed by atoms with E-state index < -0.39 is 11.6 Å². The Morgan fingerprint density at radius 1 is 1.43 bits per heavy atom. The average molecular weight is 214 g/mol. The van der Waals surface area contributed by atoms with E-state index >= 15 is 0 Å². The van der Waals surface area contributed by atoms with Crippen LogP contribution in [0, 0.1) is 6.92 Å². The predicted molar refractivity (Wildman–Crippen MR) is 59.4 cm³/mol. The van der Waals surface area contributed by atoms with Crippen molar-refractivity contribution in [3.05, 3.63) is 34.3 Å². The fourth-order valence-electron chi connectivity index (χ4n) is 1.26. The third kappa shape index (κ3) is 2.47. The van der Waals surface area contributed by atoms with Crippen molar-refractivity contribution in [1.29, 1.82) is 0 Å². The van der Waals surface area contributed by atoms with Gasteiger partial charge in [0, 0.05) is 5.02 Å². The van der Waals surface area contributed by atoms with Gasteiger partial charge in [0.15, 0.2) is 0 Å². The van der Waals surface area contributed by atoms with Gasteiger partial charge in [-0.2, -0.15) is 0 Å². The number of aryl methyl sites for hydroxylation is 1. The van der Waals surface area contributed by atoms with Gasteiger partial charge in [0.2, 0.25) is 0 Å². The quantitative estimate of drug-likeness (QED) is 0.793. The van der Waals surface area contributed by atoms with Crippen LogP contribution in [0.15, 0.2) is 18.2 Å². The molecule has 0 radical (unpaired) electrons. The molecule has 1 atom stereocenters. The van der Waals surface area contributed by atoms with Crippen molar-refractivity contribution < 1.29 is 5.11 Å².